The van der Waals surface area contributed by atoms with Crippen LogP contribution in [0.5, 0.6) is 0 Å². The van der Waals surface area contributed by atoms with E-state index in [1.165, 1.54) is 12.1 Å². The van der Waals surface area contributed by atoms with Gasteiger partial charge < -0.3 is 23.7 Å². The van der Waals surface area contributed by atoms with Gasteiger partial charge in [-0.1, -0.05) is 0 Å². The zero-order valence-electron chi connectivity index (χ0n) is 16.9. The summed E-state index contributed by atoms with van der Waals surface area (Å²) in [7, 11) is -4.04. The van der Waals surface area contributed by atoms with Crippen molar-refractivity contribution in [3.63, 3.8) is 0 Å². The number of benzene rings is 1. The van der Waals surface area contributed by atoms with Crippen LogP contribution < -0.4 is 4.72 Å². The minimum Gasteiger partial charge on any atom is -0.348 e. The van der Waals surface area contributed by atoms with Gasteiger partial charge in [-0.05, 0) is 39.8 Å². The molecule has 3 saturated heterocycles. The van der Waals surface area contributed by atoms with Crippen molar-refractivity contribution in [1.29, 1.82) is 0 Å². The number of nitro benzene ring substituents is 1. The molecule has 1 aromatic rings. The predicted octanol–water partition coefficient (Wildman–Crippen LogP) is 1.27. The van der Waals surface area contributed by atoms with E-state index in [2.05, 4.69) is 4.72 Å². The van der Waals surface area contributed by atoms with Gasteiger partial charge in [0.15, 0.2) is 17.9 Å². The van der Waals surface area contributed by atoms with Crippen LogP contribution >= 0.6 is 0 Å². The van der Waals surface area contributed by atoms with E-state index >= 15 is 0 Å². The van der Waals surface area contributed by atoms with Crippen LogP contribution in [0.4, 0.5) is 5.69 Å². The molecule has 0 aliphatic carbocycles. The Bertz CT molecular complexity index is 931. The van der Waals surface area contributed by atoms with Gasteiger partial charge in [-0.25, -0.2) is 13.1 Å². The molecular formula is C18H24N2O9S. The summed E-state index contributed by atoms with van der Waals surface area (Å²) in [4.78, 5) is 10.1. The van der Waals surface area contributed by atoms with Gasteiger partial charge in [-0.3, -0.25) is 10.1 Å². The molecule has 1 N–H and O–H groups in total. The SMILES string of the molecule is CC1(C)O[C@H]2O[C@H]([C@H]3COC(C)(C)O3)[C@H](NS(=O)(=O)c3ccc([N+](=O)[O-])cc3)[C@H]2O1. The van der Waals surface area contributed by atoms with E-state index in [1.807, 2.05) is 0 Å². The van der Waals surface area contributed by atoms with Gasteiger partial charge in [-0.15, -0.1) is 0 Å². The largest absolute Gasteiger partial charge is 0.348 e. The Morgan fingerprint density at radius 3 is 2.27 bits per heavy atom. The highest BCUT2D eigenvalue weighted by Gasteiger charge is 2.59. The van der Waals surface area contributed by atoms with E-state index in [1.54, 1.807) is 27.7 Å². The molecule has 0 spiro atoms. The Morgan fingerprint density at radius 1 is 1.03 bits per heavy atom. The molecule has 11 nitrogen and oxygen atoms in total. The highest BCUT2D eigenvalue weighted by molar-refractivity contribution is 7.89. The summed E-state index contributed by atoms with van der Waals surface area (Å²) in [5, 5.41) is 10.8. The summed E-state index contributed by atoms with van der Waals surface area (Å²) in [6.07, 6.45) is -2.73. The molecule has 12 heteroatoms. The first-order valence-electron chi connectivity index (χ1n) is 9.47. The summed E-state index contributed by atoms with van der Waals surface area (Å²) in [6.45, 7) is 7.16. The zero-order valence-corrected chi connectivity index (χ0v) is 17.7. The second-order valence-electron chi connectivity index (χ2n) is 8.33. The third-order valence-electron chi connectivity index (χ3n) is 5.13. The number of hydrogen-bond donors (Lipinski definition) is 1. The molecule has 30 heavy (non-hydrogen) atoms. The number of non-ortho nitro benzene ring substituents is 1. The van der Waals surface area contributed by atoms with Crippen molar-refractivity contribution in [3.05, 3.63) is 34.4 Å². The van der Waals surface area contributed by atoms with Crippen LogP contribution in [0.2, 0.25) is 0 Å². The summed E-state index contributed by atoms with van der Waals surface area (Å²) < 4.78 is 57.7. The molecule has 0 unspecified atom stereocenters. The maximum absolute atomic E-state index is 13.0. The van der Waals surface area contributed by atoms with Crippen molar-refractivity contribution in [2.75, 3.05) is 6.61 Å². The van der Waals surface area contributed by atoms with Crippen molar-refractivity contribution >= 4 is 15.7 Å². The average Bonchev–Trinajstić information content (AvgIpc) is 3.25. The Labute approximate surface area is 173 Å². The van der Waals surface area contributed by atoms with E-state index < -0.39 is 57.2 Å². The molecule has 5 atom stereocenters. The number of nitrogens with one attached hydrogen (secondary N) is 1. The lowest BCUT2D eigenvalue weighted by Crippen LogP contribution is -2.52. The van der Waals surface area contributed by atoms with Gasteiger partial charge in [0.1, 0.15) is 18.3 Å². The van der Waals surface area contributed by atoms with E-state index in [0.29, 0.717) is 0 Å². The fraction of sp³-hybridized carbons (Fsp3) is 0.667. The molecule has 3 heterocycles. The van der Waals surface area contributed by atoms with Gasteiger partial charge in [0.2, 0.25) is 10.0 Å². The number of sulfonamides is 1. The topological polar surface area (TPSA) is 135 Å². The van der Waals surface area contributed by atoms with Gasteiger partial charge in [-0.2, -0.15) is 0 Å². The minimum atomic E-state index is -4.04. The molecule has 0 aromatic heterocycles. The maximum atomic E-state index is 13.0. The highest BCUT2D eigenvalue weighted by Crippen LogP contribution is 2.41. The van der Waals surface area contributed by atoms with E-state index in [-0.39, 0.29) is 17.2 Å². The van der Waals surface area contributed by atoms with Gasteiger partial charge in [0.05, 0.1) is 22.5 Å². The number of nitro groups is 1. The van der Waals surface area contributed by atoms with Crippen LogP contribution in [0.3, 0.4) is 0 Å². The molecule has 3 fully saturated rings. The third kappa shape index (κ3) is 4.08. The first-order chi connectivity index (χ1) is 13.9. The van der Waals surface area contributed by atoms with Crippen molar-refractivity contribution in [2.45, 2.75) is 74.8 Å². The highest BCUT2D eigenvalue weighted by atomic mass is 32.2. The lowest BCUT2D eigenvalue weighted by atomic mass is 10.0. The van der Waals surface area contributed by atoms with Crippen molar-refractivity contribution in [3.8, 4) is 0 Å². The fourth-order valence-electron chi connectivity index (χ4n) is 3.86. The smallest absolute Gasteiger partial charge is 0.269 e. The quantitative estimate of drug-likeness (QED) is 0.526. The molecule has 166 valence electrons. The molecular weight excluding hydrogens is 420 g/mol. The van der Waals surface area contributed by atoms with Crippen LogP contribution in [-0.2, 0) is 33.7 Å². The Balaban J connectivity index is 1.60. The standard InChI is InChI=1S/C18H24N2O9S/c1-17(2)25-9-12(27-17)14-13(15-16(26-14)29-18(3,4)28-15)19-30(23,24)11-7-5-10(6-8-11)20(21)22/h5-8,12-16,19H,9H2,1-4H3/t12-,13+,14-,15-,16-/m1/s1. The monoisotopic (exact) mass is 444 g/mol. The van der Waals surface area contributed by atoms with Crippen LogP contribution in [0, 0.1) is 10.1 Å². The van der Waals surface area contributed by atoms with Gasteiger partial charge in [0, 0.05) is 12.1 Å². The summed E-state index contributed by atoms with van der Waals surface area (Å²) >= 11 is 0. The number of rotatable bonds is 5. The second kappa shape index (κ2) is 7.19. The fourth-order valence-corrected chi connectivity index (χ4v) is 5.11. The van der Waals surface area contributed by atoms with E-state index in [0.717, 1.165) is 12.1 Å². The van der Waals surface area contributed by atoms with Gasteiger partial charge >= 0.3 is 0 Å². The van der Waals surface area contributed by atoms with E-state index in [4.69, 9.17) is 23.7 Å². The molecule has 0 saturated carbocycles. The molecule has 0 bridgehead atoms. The summed E-state index contributed by atoms with van der Waals surface area (Å²) in [5.41, 5.74) is -0.205. The first kappa shape index (κ1) is 21.6. The Hall–Kier alpha value is -1.67. The Morgan fingerprint density at radius 2 is 1.70 bits per heavy atom. The predicted molar refractivity (Wildman–Crippen MR) is 101 cm³/mol. The first-order valence-corrected chi connectivity index (χ1v) is 10.9. The molecule has 4 rings (SSSR count). The lowest BCUT2D eigenvalue weighted by Gasteiger charge is -2.29. The summed E-state index contributed by atoms with van der Waals surface area (Å²) in [6, 6.07) is 3.80. The number of ether oxygens (including phenoxy) is 5. The lowest BCUT2D eigenvalue weighted by molar-refractivity contribution is -0.384. The third-order valence-corrected chi connectivity index (χ3v) is 6.61. The molecule has 3 aliphatic heterocycles. The molecule has 0 amide bonds. The normalized spacial score (nSPS) is 34.7. The molecule has 3 aliphatic rings. The second-order valence-corrected chi connectivity index (χ2v) is 10.0. The van der Waals surface area contributed by atoms with Crippen molar-refractivity contribution in [1.82, 2.24) is 4.72 Å². The van der Waals surface area contributed by atoms with Crippen molar-refractivity contribution in [2.24, 2.45) is 0 Å². The summed E-state index contributed by atoms with van der Waals surface area (Å²) in [5.74, 6) is -1.77. The van der Waals surface area contributed by atoms with Crippen molar-refractivity contribution < 1.29 is 37.0 Å². The number of nitrogens with zero attached hydrogens (tertiary/aromatic N) is 1. The van der Waals surface area contributed by atoms with Crippen LogP contribution in [0.1, 0.15) is 27.7 Å². The average molecular weight is 444 g/mol. The Kier molecular flexibility index (Phi) is 5.17. The van der Waals surface area contributed by atoms with Crippen LogP contribution in [-0.4, -0.2) is 62.2 Å². The number of fused-ring (bicyclic) bond motifs is 1. The number of hydrogen-bond acceptors (Lipinski definition) is 9. The maximum Gasteiger partial charge on any atom is 0.269 e. The van der Waals surface area contributed by atoms with Crippen LogP contribution in [0.15, 0.2) is 29.2 Å². The molecule has 1 aromatic carbocycles. The minimum absolute atomic E-state index is 0.114. The zero-order chi connectivity index (χ0) is 21.9. The van der Waals surface area contributed by atoms with Crippen LogP contribution in [0.25, 0.3) is 0 Å². The van der Waals surface area contributed by atoms with Gasteiger partial charge in [0.25, 0.3) is 5.69 Å². The van der Waals surface area contributed by atoms with E-state index in [9.17, 15) is 18.5 Å². The molecule has 0 radical (unpaired) electrons.